The van der Waals surface area contributed by atoms with Gasteiger partial charge in [-0.3, -0.25) is 20.4 Å². The number of para-hydroxylation sites is 1. The molecule has 0 spiro atoms. The summed E-state index contributed by atoms with van der Waals surface area (Å²) in [5.74, 6) is -0.459. The van der Waals surface area contributed by atoms with Gasteiger partial charge in [-0.1, -0.05) is 18.2 Å². The Hall–Kier alpha value is -2.89. The predicted molar refractivity (Wildman–Crippen MR) is 70.3 cm³/mol. The Balaban J connectivity index is 2.11. The summed E-state index contributed by atoms with van der Waals surface area (Å²) in [7, 11) is 0. The molecule has 0 unspecified atom stereocenters. The lowest BCUT2D eigenvalue weighted by molar-refractivity contribution is -0.110. The summed E-state index contributed by atoms with van der Waals surface area (Å²) in [5.41, 5.74) is 6.41. The average molecular weight is 254 g/mol. The van der Waals surface area contributed by atoms with Crippen LogP contribution in [-0.4, -0.2) is 22.3 Å². The number of benzene rings is 1. The summed E-state index contributed by atoms with van der Waals surface area (Å²) in [6, 6.07) is 9.50. The second kappa shape index (κ2) is 4.41. The van der Waals surface area contributed by atoms with E-state index in [-0.39, 0.29) is 5.69 Å². The number of hydrazine groups is 1. The van der Waals surface area contributed by atoms with Crippen LogP contribution in [0.4, 0.5) is 0 Å². The van der Waals surface area contributed by atoms with E-state index in [1.165, 1.54) is 0 Å². The Labute approximate surface area is 107 Å². The number of rotatable bonds is 3. The van der Waals surface area contributed by atoms with E-state index in [0.717, 1.165) is 21.8 Å². The smallest absolute Gasteiger partial charge is 0.288 e. The highest BCUT2D eigenvalue weighted by molar-refractivity contribution is 6.09. The van der Waals surface area contributed by atoms with E-state index in [2.05, 4.69) is 20.8 Å². The Morgan fingerprint density at radius 2 is 2.05 bits per heavy atom. The van der Waals surface area contributed by atoms with E-state index in [0.29, 0.717) is 6.41 Å². The number of nitrogens with one attached hydrogen (secondary N) is 3. The van der Waals surface area contributed by atoms with Crippen molar-refractivity contribution < 1.29 is 9.59 Å². The first-order valence-electron chi connectivity index (χ1n) is 5.65. The summed E-state index contributed by atoms with van der Waals surface area (Å²) < 4.78 is 0. The molecule has 2 amide bonds. The van der Waals surface area contributed by atoms with Crippen LogP contribution in [0.15, 0.2) is 36.5 Å². The third-order valence-corrected chi connectivity index (χ3v) is 2.87. The summed E-state index contributed by atoms with van der Waals surface area (Å²) in [4.78, 5) is 29.1. The maximum atomic E-state index is 11.7. The fraction of sp³-hybridized carbons (Fsp3) is 0. The zero-order valence-corrected chi connectivity index (χ0v) is 9.81. The average Bonchev–Trinajstić information content (AvgIpc) is 2.82. The Morgan fingerprint density at radius 3 is 2.89 bits per heavy atom. The van der Waals surface area contributed by atoms with Crippen LogP contribution in [0, 0.1) is 0 Å². The fourth-order valence-corrected chi connectivity index (χ4v) is 2.03. The summed E-state index contributed by atoms with van der Waals surface area (Å²) in [6.07, 6.45) is 1.99. The van der Waals surface area contributed by atoms with Crippen molar-refractivity contribution in [1.82, 2.24) is 20.8 Å². The fourth-order valence-electron chi connectivity index (χ4n) is 2.03. The highest BCUT2D eigenvalue weighted by Crippen LogP contribution is 2.24. The number of carbonyl (C=O) groups excluding carboxylic acids is 2. The molecule has 0 aliphatic rings. The first-order valence-corrected chi connectivity index (χ1v) is 5.65. The van der Waals surface area contributed by atoms with Gasteiger partial charge in [0.1, 0.15) is 5.69 Å². The van der Waals surface area contributed by atoms with Gasteiger partial charge in [-0.2, -0.15) is 0 Å². The molecule has 0 saturated carbocycles. The lowest BCUT2D eigenvalue weighted by atomic mass is 10.1. The molecule has 6 nitrogen and oxygen atoms in total. The van der Waals surface area contributed by atoms with Gasteiger partial charge in [0, 0.05) is 16.3 Å². The number of pyridine rings is 1. The van der Waals surface area contributed by atoms with Crippen LogP contribution in [0.1, 0.15) is 10.5 Å². The first-order chi connectivity index (χ1) is 9.29. The Bertz CT molecular complexity index is 779. The number of aromatic amines is 1. The second-order valence-corrected chi connectivity index (χ2v) is 4.00. The molecule has 0 radical (unpaired) electrons. The van der Waals surface area contributed by atoms with Crippen LogP contribution in [0.5, 0.6) is 0 Å². The van der Waals surface area contributed by atoms with Gasteiger partial charge in [-0.15, -0.1) is 0 Å². The molecule has 3 rings (SSSR count). The number of fused-ring (bicyclic) bond motifs is 3. The zero-order valence-electron chi connectivity index (χ0n) is 9.81. The predicted octanol–water partition coefficient (Wildman–Crippen LogP) is 1.11. The third kappa shape index (κ3) is 1.89. The van der Waals surface area contributed by atoms with Gasteiger partial charge in [-0.05, 0) is 12.1 Å². The normalized spacial score (nSPS) is 10.5. The number of H-pyrrole nitrogens is 1. The summed E-state index contributed by atoms with van der Waals surface area (Å²) in [6.45, 7) is 0. The molecule has 0 aliphatic carbocycles. The maximum absolute atomic E-state index is 11.7. The molecule has 0 aliphatic heterocycles. The third-order valence-electron chi connectivity index (χ3n) is 2.87. The van der Waals surface area contributed by atoms with Crippen LogP contribution < -0.4 is 10.9 Å². The number of aromatic nitrogens is 2. The lowest BCUT2D eigenvalue weighted by Crippen LogP contribution is -2.36. The minimum absolute atomic E-state index is 0.242. The van der Waals surface area contributed by atoms with Gasteiger partial charge < -0.3 is 4.98 Å². The van der Waals surface area contributed by atoms with Gasteiger partial charge in [0.05, 0.1) is 11.7 Å². The van der Waals surface area contributed by atoms with Crippen LogP contribution in [0.25, 0.3) is 21.8 Å². The molecule has 19 heavy (non-hydrogen) atoms. The first kappa shape index (κ1) is 11.2. The van der Waals surface area contributed by atoms with E-state index >= 15 is 0 Å². The van der Waals surface area contributed by atoms with Crippen molar-refractivity contribution in [2.45, 2.75) is 0 Å². The van der Waals surface area contributed by atoms with Gasteiger partial charge >= 0.3 is 0 Å². The molecule has 1 aromatic carbocycles. The van der Waals surface area contributed by atoms with Gasteiger partial charge in [0.25, 0.3) is 5.91 Å². The van der Waals surface area contributed by atoms with E-state index in [1.807, 2.05) is 24.3 Å². The van der Waals surface area contributed by atoms with Crippen molar-refractivity contribution in [3.05, 3.63) is 42.2 Å². The number of amides is 2. The molecule has 2 heterocycles. The van der Waals surface area contributed by atoms with Crippen LogP contribution in [0.2, 0.25) is 0 Å². The standard InChI is InChI=1S/C13H10N4O2/c18-7-15-17-13(19)11-5-9-8-3-1-2-4-10(8)16-12(9)6-14-11/h1-7,16H,(H,15,18)(H,17,19). The molecule has 2 aromatic heterocycles. The monoisotopic (exact) mass is 254 g/mol. The van der Waals surface area contributed by atoms with Gasteiger partial charge in [0.15, 0.2) is 0 Å². The highest BCUT2D eigenvalue weighted by atomic mass is 16.2. The van der Waals surface area contributed by atoms with Crippen LogP contribution >= 0.6 is 0 Å². The molecule has 0 bridgehead atoms. The highest BCUT2D eigenvalue weighted by Gasteiger charge is 2.10. The van der Waals surface area contributed by atoms with E-state index in [4.69, 9.17) is 0 Å². The molecular weight excluding hydrogens is 244 g/mol. The molecule has 0 fully saturated rings. The van der Waals surface area contributed by atoms with Crippen molar-refractivity contribution in [1.29, 1.82) is 0 Å². The second-order valence-electron chi connectivity index (χ2n) is 4.00. The lowest BCUT2D eigenvalue weighted by Gasteiger charge is -2.01. The molecule has 0 saturated heterocycles. The molecule has 3 N–H and O–H groups in total. The van der Waals surface area contributed by atoms with E-state index in [1.54, 1.807) is 12.3 Å². The summed E-state index contributed by atoms with van der Waals surface area (Å²) in [5, 5.41) is 1.94. The quantitative estimate of drug-likeness (QED) is 0.483. The van der Waals surface area contributed by atoms with Crippen molar-refractivity contribution in [2.24, 2.45) is 0 Å². The van der Waals surface area contributed by atoms with Gasteiger partial charge in [0.2, 0.25) is 6.41 Å². The van der Waals surface area contributed by atoms with Crippen molar-refractivity contribution in [3.8, 4) is 0 Å². The molecule has 94 valence electrons. The van der Waals surface area contributed by atoms with Gasteiger partial charge in [-0.25, -0.2) is 4.98 Å². The largest absolute Gasteiger partial charge is 0.353 e. The molecular formula is C13H10N4O2. The van der Waals surface area contributed by atoms with E-state index < -0.39 is 5.91 Å². The Kier molecular flexibility index (Phi) is 2.60. The Morgan fingerprint density at radius 1 is 1.21 bits per heavy atom. The van der Waals surface area contributed by atoms with Crippen LogP contribution in [-0.2, 0) is 4.79 Å². The minimum atomic E-state index is -0.459. The topological polar surface area (TPSA) is 86.9 Å². The molecule has 3 aromatic rings. The number of hydrogen-bond acceptors (Lipinski definition) is 3. The van der Waals surface area contributed by atoms with Crippen molar-refractivity contribution in [3.63, 3.8) is 0 Å². The van der Waals surface area contributed by atoms with Crippen molar-refractivity contribution in [2.75, 3.05) is 0 Å². The number of carbonyl (C=O) groups is 2. The van der Waals surface area contributed by atoms with Crippen molar-refractivity contribution >= 4 is 34.1 Å². The number of nitrogens with zero attached hydrogens (tertiary/aromatic N) is 1. The molecule has 0 atom stereocenters. The van der Waals surface area contributed by atoms with E-state index in [9.17, 15) is 9.59 Å². The number of hydrogen-bond donors (Lipinski definition) is 3. The maximum Gasteiger partial charge on any atom is 0.288 e. The minimum Gasteiger partial charge on any atom is -0.353 e. The SMILES string of the molecule is O=CNNC(=O)c1cc2c(cn1)[nH]c1ccccc12. The molecule has 6 heteroatoms. The zero-order chi connectivity index (χ0) is 13.2. The van der Waals surface area contributed by atoms with Crippen LogP contribution in [0.3, 0.4) is 0 Å². The summed E-state index contributed by atoms with van der Waals surface area (Å²) >= 11 is 0.